The summed E-state index contributed by atoms with van der Waals surface area (Å²) in [7, 11) is -3.82. The number of hydrogen-bond donors (Lipinski definition) is 2. The quantitative estimate of drug-likeness (QED) is 0.148. The lowest BCUT2D eigenvalue weighted by Crippen LogP contribution is -2.14. The molecular formula is C35H34N2O3S. The zero-order chi connectivity index (χ0) is 29.4. The average molecular weight is 563 g/mol. The van der Waals surface area contributed by atoms with E-state index in [1.165, 1.54) is 0 Å². The maximum atomic E-state index is 13.7. The van der Waals surface area contributed by atoms with Gasteiger partial charge < -0.3 is 4.98 Å². The van der Waals surface area contributed by atoms with Gasteiger partial charge in [-0.2, -0.15) is 0 Å². The number of Topliss-reactive ketones (excluding diaryl/α,β-unsaturated/α-hetero) is 1. The maximum absolute atomic E-state index is 13.7. The largest absolute Gasteiger partial charge is 0.351 e. The van der Waals surface area contributed by atoms with Gasteiger partial charge in [0.05, 0.1) is 10.6 Å². The number of aromatic amines is 1. The van der Waals surface area contributed by atoms with Crippen LogP contribution in [-0.2, 0) is 21.9 Å². The molecule has 0 unspecified atom stereocenters. The van der Waals surface area contributed by atoms with E-state index >= 15 is 0 Å². The van der Waals surface area contributed by atoms with Crippen LogP contribution in [0.25, 0.3) is 22.0 Å². The van der Waals surface area contributed by atoms with E-state index in [1.807, 2.05) is 73.7 Å². The lowest BCUT2D eigenvalue weighted by molar-refractivity contribution is 0.102. The molecule has 0 amide bonds. The number of sulfonamides is 1. The average Bonchev–Trinajstić information content (AvgIpc) is 3.32. The van der Waals surface area contributed by atoms with Crippen molar-refractivity contribution in [2.75, 3.05) is 4.72 Å². The van der Waals surface area contributed by atoms with Gasteiger partial charge in [-0.05, 0) is 64.9 Å². The number of aromatic nitrogens is 1. The number of rotatable bonds is 8. The second-order valence-corrected chi connectivity index (χ2v) is 13.2. The van der Waals surface area contributed by atoms with E-state index in [0.717, 1.165) is 33.2 Å². The van der Waals surface area contributed by atoms with E-state index in [0.29, 0.717) is 28.9 Å². The lowest BCUT2D eigenvalue weighted by atomic mass is 9.87. The van der Waals surface area contributed by atoms with E-state index < -0.39 is 10.0 Å². The number of fused-ring (bicyclic) bond motifs is 1. The second-order valence-electron chi connectivity index (χ2n) is 11.5. The van der Waals surface area contributed by atoms with Gasteiger partial charge in [0.25, 0.3) is 10.0 Å². The van der Waals surface area contributed by atoms with E-state index in [1.54, 1.807) is 30.3 Å². The summed E-state index contributed by atoms with van der Waals surface area (Å²) in [5, 5.41) is 0.742. The van der Waals surface area contributed by atoms with Crippen LogP contribution < -0.4 is 4.72 Å². The highest BCUT2D eigenvalue weighted by Gasteiger charge is 2.23. The molecular weight excluding hydrogens is 528 g/mol. The molecule has 0 spiro atoms. The highest BCUT2D eigenvalue weighted by atomic mass is 32.2. The number of anilines is 1. The third kappa shape index (κ3) is 6.03. The highest BCUT2D eigenvalue weighted by Crippen LogP contribution is 2.36. The van der Waals surface area contributed by atoms with Crippen molar-refractivity contribution in [3.05, 3.63) is 132 Å². The molecule has 6 heteroatoms. The van der Waals surface area contributed by atoms with Crippen LogP contribution in [0.1, 0.15) is 48.0 Å². The summed E-state index contributed by atoms with van der Waals surface area (Å²) in [5.74, 6) is -0.179. The lowest BCUT2D eigenvalue weighted by Gasteiger charge is -2.19. The number of carbonyl (C=O) groups is 1. The molecule has 0 radical (unpaired) electrons. The van der Waals surface area contributed by atoms with E-state index in [4.69, 9.17) is 0 Å². The smallest absolute Gasteiger partial charge is 0.261 e. The minimum absolute atomic E-state index is 0.0799. The fourth-order valence-corrected chi connectivity index (χ4v) is 5.94. The van der Waals surface area contributed by atoms with Crippen LogP contribution in [0.15, 0.2) is 114 Å². The van der Waals surface area contributed by atoms with Gasteiger partial charge in [0.15, 0.2) is 0 Å². The number of carbonyl (C=O) groups excluding carboxylic acids is 1. The van der Waals surface area contributed by atoms with E-state index in [9.17, 15) is 13.2 Å². The van der Waals surface area contributed by atoms with Crippen molar-refractivity contribution < 1.29 is 13.2 Å². The molecule has 5 rings (SSSR count). The summed E-state index contributed by atoms with van der Waals surface area (Å²) in [4.78, 5) is 17.2. The van der Waals surface area contributed by atoms with Crippen molar-refractivity contribution in [3.8, 4) is 11.1 Å². The Hall–Kier alpha value is -4.42. The Bertz CT molecular complexity index is 1840. The van der Waals surface area contributed by atoms with Crippen LogP contribution in [0.4, 0.5) is 5.69 Å². The Balaban J connectivity index is 1.51. The van der Waals surface area contributed by atoms with Gasteiger partial charge >= 0.3 is 0 Å². The molecule has 0 aliphatic carbocycles. The molecule has 0 atom stereocenters. The molecule has 5 nitrogen and oxygen atoms in total. The van der Waals surface area contributed by atoms with Crippen LogP contribution in [0.2, 0.25) is 0 Å². The molecule has 1 heterocycles. The fraction of sp³-hybridized carbons (Fsp3) is 0.171. The summed E-state index contributed by atoms with van der Waals surface area (Å²) < 4.78 is 29.3. The van der Waals surface area contributed by atoms with Gasteiger partial charge in [0.2, 0.25) is 5.78 Å². The van der Waals surface area contributed by atoms with Crippen molar-refractivity contribution in [2.45, 2.75) is 44.4 Å². The van der Waals surface area contributed by atoms with Crippen LogP contribution in [0.3, 0.4) is 0 Å². The molecule has 0 fully saturated rings. The number of H-pyrrole nitrogens is 1. The van der Waals surface area contributed by atoms with Gasteiger partial charge in [-0.25, -0.2) is 8.42 Å². The Morgan fingerprint density at radius 2 is 1.54 bits per heavy atom. The third-order valence-electron chi connectivity index (χ3n) is 7.23. The molecule has 4 aromatic carbocycles. The van der Waals surface area contributed by atoms with Gasteiger partial charge in [0, 0.05) is 28.6 Å². The number of benzene rings is 4. The van der Waals surface area contributed by atoms with Crippen molar-refractivity contribution in [2.24, 2.45) is 0 Å². The molecule has 41 heavy (non-hydrogen) atoms. The molecule has 0 saturated heterocycles. The monoisotopic (exact) mass is 562 g/mol. The zero-order valence-corrected chi connectivity index (χ0v) is 24.6. The first-order valence-electron chi connectivity index (χ1n) is 13.5. The predicted octanol–water partition coefficient (Wildman–Crippen LogP) is 8.22. The standard InChI is InChI=1S/C35H34N2O3S/c1-23-11-13-25(14-12-23)21-24(2)34(38)33-32(26-9-7-6-8-10-26)30-22-28(17-20-31(30)36-33)37-41(39,40)29-18-15-27(16-19-29)35(3,4)5/h6-20,22,36-37H,2,21H2,1,3-5H3. The molecule has 208 valence electrons. The normalized spacial score (nSPS) is 11.9. The Morgan fingerprint density at radius 1 is 0.878 bits per heavy atom. The number of aryl methyl sites for hydroxylation is 1. The van der Waals surface area contributed by atoms with Crippen LogP contribution in [-0.4, -0.2) is 19.2 Å². The highest BCUT2D eigenvalue weighted by molar-refractivity contribution is 7.92. The SMILES string of the molecule is C=C(Cc1ccc(C)cc1)C(=O)c1[nH]c2ccc(NS(=O)(=O)c3ccc(C(C)(C)C)cc3)cc2c1-c1ccccc1. The molecule has 0 aliphatic heterocycles. The van der Waals surface area contributed by atoms with Crippen molar-refractivity contribution >= 4 is 32.4 Å². The summed E-state index contributed by atoms with van der Waals surface area (Å²) in [5.41, 5.74) is 6.74. The number of hydrogen-bond acceptors (Lipinski definition) is 3. The zero-order valence-electron chi connectivity index (χ0n) is 23.8. The van der Waals surface area contributed by atoms with Crippen molar-refractivity contribution in [1.82, 2.24) is 4.98 Å². The van der Waals surface area contributed by atoms with Crippen LogP contribution >= 0.6 is 0 Å². The van der Waals surface area contributed by atoms with Gasteiger partial charge in [0.1, 0.15) is 0 Å². The van der Waals surface area contributed by atoms with Crippen molar-refractivity contribution in [1.29, 1.82) is 0 Å². The summed E-state index contributed by atoms with van der Waals surface area (Å²) in [6.07, 6.45) is 0.432. The summed E-state index contributed by atoms with van der Waals surface area (Å²) >= 11 is 0. The molecule has 0 saturated carbocycles. The fourth-order valence-electron chi connectivity index (χ4n) is 4.89. The minimum atomic E-state index is -3.82. The first kappa shape index (κ1) is 28.1. The predicted molar refractivity (Wildman–Crippen MR) is 168 cm³/mol. The summed E-state index contributed by atoms with van der Waals surface area (Å²) in [6.45, 7) is 12.4. The Kier molecular flexibility index (Phi) is 7.45. The van der Waals surface area contributed by atoms with Gasteiger partial charge in [-0.15, -0.1) is 0 Å². The molecule has 1 aromatic heterocycles. The Labute approximate surface area is 242 Å². The van der Waals surface area contributed by atoms with E-state index in [-0.39, 0.29) is 16.1 Å². The van der Waals surface area contributed by atoms with Gasteiger partial charge in [-0.1, -0.05) is 99.6 Å². The second kappa shape index (κ2) is 10.9. The van der Waals surface area contributed by atoms with Crippen LogP contribution in [0, 0.1) is 6.92 Å². The Morgan fingerprint density at radius 3 is 2.17 bits per heavy atom. The number of allylic oxidation sites excluding steroid dienone is 1. The number of nitrogens with one attached hydrogen (secondary N) is 2. The molecule has 5 aromatic rings. The summed E-state index contributed by atoms with van der Waals surface area (Å²) in [6, 6.07) is 29.9. The first-order chi connectivity index (χ1) is 19.4. The van der Waals surface area contributed by atoms with Crippen LogP contribution in [0.5, 0.6) is 0 Å². The molecule has 0 aliphatic rings. The minimum Gasteiger partial charge on any atom is -0.351 e. The van der Waals surface area contributed by atoms with Gasteiger partial charge in [-0.3, -0.25) is 9.52 Å². The van der Waals surface area contributed by atoms with E-state index in [2.05, 4.69) is 37.1 Å². The molecule has 2 N–H and O–H groups in total. The van der Waals surface area contributed by atoms with Crippen molar-refractivity contribution in [3.63, 3.8) is 0 Å². The topological polar surface area (TPSA) is 79.0 Å². The third-order valence-corrected chi connectivity index (χ3v) is 8.63. The number of ketones is 1. The molecule has 0 bridgehead atoms. The first-order valence-corrected chi connectivity index (χ1v) is 15.0. The maximum Gasteiger partial charge on any atom is 0.261 e.